The zero-order valence-electron chi connectivity index (χ0n) is 17.7. The number of ether oxygens (including phenoxy) is 1. The molecule has 1 aliphatic rings. The van der Waals surface area contributed by atoms with Crippen LogP contribution in [0.25, 0.3) is 0 Å². The van der Waals surface area contributed by atoms with Crippen molar-refractivity contribution in [1.82, 2.24) is 5.32 Å². The van der Waals surface area contributed by atoms with Gasteiger partial charge in [0.25, 0.3) is 6.43 Å². The number of thiocarbonyl (C=S) groups is 1. The molecule has 33 heavy (non-hydrogen) atoms. The molecule has 0 spiro atoms. The minimum atomic E-state index is -2.80. The summed E-state index contributed by atoms with van der Waals surface area (Å²) in [5, 5.41) is 5.20. The van der Waals surface area contributed by atoms with Gasteiger partial charge in [0.05, 0.1) is 30.2 Å². The van der Waals surface area contributed by atoms with Crippen LogP contribution in [0, 0.1) is 9.39 Å². The maximum atomic E-state index is 14.9. The Labute approximate surface area is 207 Å². The number of benzene rings is 1. The number of halogens is 4. The van der Waals surface area contributed by atoms with Crippen molar-refractivity contribution in [1.29, 1.82) is 0 Å². The maximum absolute atomic E-state index is 14.9. The molecule has 6 nitrogen and oxygen atoms in total. The van der Waals surface area contributed by atoms with Gasteiger partial charge in [-0.3, -0.25) is 9.69 Å². The molecule has 176 valence electrons. The van der Waals surface area contributed by atoms with Crippen LogP contribution in [0.15, 0.2) is 41.2 Å². The zero-order chi connectivity index (χ0) is 24.3. The minimum absolute atomic E-state index is 0.0410. The summed E-state index contributed by atoms with van der Waals surface area (Å²) in [5.74, 6) is -0.511. The van der Waals surface area contributed by atoms with Gasteiger partial charge in [-0.05, 0) is 70.5 Å². The molecule has 1 amide bonds. The van der Waals surface area contributed by atoms with Crippen LogP contribution in [-0.2, 0) is 4.74 Å². The first-order valence-corrected chi connectivity index (χ1v) is 11.5. The highest BCUT2D eigenvalue weighted by molar-refractivity contribution is 14.1. The van der Waals surface area contributed by atoms with Crippen LogP contribution >= 0.6 is 34.8 Å². The highest BCUT2D eigenvalue weighted by Gasteiger charge is 2.33. The largest absolute Gasteiger partial charge is 0.442 e. The van der Waals surface area contributed by atoms with Gasteiger partial charge in [-0.1, -0.05) is 26.1 Å². The molecule has 1 atom stereocenters. The number of carbonyl (C=O) groups excluding carboxylic acids is 1. The van der Waals surface area contributed by atoms with Gasteiger partial charge in [-0.15, -0.1) is 0 Å². The molecule has 1 fully saturated rings. The van der Waals surface area contributed by atoms with Gasteiger partial charge in [0.2, 0.25) is 5.43 Å². The van der Waals surface area contributed by atoms with Gasteiger partial charge in [0, 0.05) is 3.57 Å². The van der Waals surface area contributed by atoms with Crippen molar-refractivity contribution in [3.8, 4) is 0 Å². The third kappa shape index (κ3) is 6.14. The van der Waals surface area contributed by atoms with E-state index in [0.29, 0.717) is 0 Å². The van der Waals surface area contributed by atoms with Crippen molar-refractivity contribution < 1.29 is 22.7 Å². The van der Waals surface area contributed by atoms with Crippen LogP contribution in [0.2, 0.25) is 0 Å². The molecule has 0 aliphatic carbocycles. The Balaban J connectivity index is 1.77. The monoisotopic (exact) mass is 591 g/mol. The SMILES string of the molecule is CC(C)c1cc(Nc2ccc(N3CC(CNC(=S)C(F)F)OC3=O)cc2F)c(=O)ccc1I. The first-order valence-electron chi connectivity index (χ1n) is 10.0. The molecular formula is C22H21F3IN3O3S. The van der Waals surface area contributed by atoms with Crippen LogP contribution in [0.1, 0.15) is 25.3 Å². The average molecular weight is 591 g/mol. The first-order chi connectivity index (χ1) is 15.6. The quantitative estimate of drug-likeness (QED) is 0.343. The van der Waals surface area contributed by atoms with Crippen molar-refractivity contribution in [3.05, 3.63) is 61.6 Å². The zero-order valence-corrected chi connectivity index (χ0v) is 20.7. The number of anilines is 3. The van der Waals surface area contributed by atoms with Gasteiger partial charge >= 0.3 is 6.09 Å². The maximum Gasteiger partial charge on any atom is 0.414 e. The normalized spacial score (nSPS) is 15.7. The van der Waals surface area contributed by atoms with E-state index in [2.05, 4.69) is 45.4 Å². The van der Waals surface area contributed by atoms with E-state index in [0.717, 1.165) is 15.2 Å². The second-order valence-corrected chi connectivity index (χ2v) is 9.27. The number of cyclic esters (lactones) is 1. The number of nitrogens with zero attached hydrogens (tertiary/aromatic N) is 1. The molecule has 2 aromatic rings. The van der Waals surface area contributed by atoms with E-state index in [9.17, 15) is 22.8 Å². The van der Waals surface area contributed by atoms with Gasteiger partial charge in [0.15, 0.2) is 0 Å². The lowest BCUT2D eigenvalue weighted by atomic mass is 10.1. The molecule has 11 heteroatoms. The summed E-state index contributed by atoms with van der Waals surface area (Å²) in [5.41, 5.74) is 1.20. The topological polar surface area (TPSA) is 70.7 Å². The fourth-order valence-electron chi connectivity index (χ4n) is 3.22. The second kappa shape index (κ2) is 10.7. The van der Waals surface area contributed by atoms with Crippen LogP contribution in [0.3, 0.4) is 0 Å². The Bertz CT molecular complexity index is 1130. The molecule has 2 N–H and O–H groups in total. The van der Waals surface area contributed by atoms with E-state index in [1.807, 2.05) is 13.8 Å². The molecule has 1 saturated heterocycles. The summed E-state index contributed by atoms with van der Waals surface area (Å²) in [6, 6.07) is 8.93. The summed E-state index contributed by atoms with van der Waals surface area (Å²) in [6.07, 6.45) is -4.25. The van der Waals surface area contributed by atoms with Gasteiger partial charge < -0.3 is 15.4 Å². The lowest BCUT2D eigenvalue weighted by Crippen LogP contribution is -2.36. The number of rotatable bonds is 7. The van der Waals surface area contributed by atoms with Crippen LogP contribution in [0.5, 0.6) is 0 Å². The lowest BCUT2D eigenvalue weighted by Gasteiger charge is -2.15. The second-order valence-electron chi connectivity index (χ2n) is 7.66. The predicted octanol–water partition coefficient (Wildman–Crippen LogP) is 5.16. The van der Waals surface area contributed by atoms with Crippen LogP contribution < -0.4 is 21.0 Å². The smallest absolute Gasteiger partial charge is 0.414 e. The Morgan fingerprint density at radius 2 is 1.94 bits per heavy atom. The van der Waals surface area contributed by atoms with Gasteiger partial charge in [-0.25, -0.2) is 18.0 Å². The molecule has 0 saturated carbocycles. The highest BCUT2D eigenvalue weighted by Crippen LogP contribution is 2.28. The number of amides is 1. The summed E-state index contributed by atoms with van der Waals surface area (Å²) < 4.78 is 45.9. The average Bonchev–Trinajstić information content (AvgIpc) is 3.06. The molecule has 0 aromatic heterocycles. The number of nitrogens with one attached hydrogen (secondary N) is 2. The fraction of sp³-hybridized carbons (Fsp3) is 0.318. The summed E-state index contributed by atoms with van der Waals surface area (Å²) in [6.45, 7) is 3.96. The Hall–Kier alpha value is -2.41. The molecule has 0 bridgehead atoms. The molecule has 1 unspecified atom stereocenters. The van der Waals surface area contributed by atoms with Crippen molar-refractivity contribution >= 4 is 63.0 Å². The number of hydrogen-bond acceptors (Lipinski definition) is 5. The molecule has 2 aromatic carbocycles. The summed E-state index contributed by atoms with van der Waals surface area (Å²) in [4.78, 5) is 25.2. The van der Waals surface area contributed by atoms with Crippen molar-refractivity contribution in [2.45, 2.75) is 32.3 Å². The molecule has 3 rings (SSSR count). The first kappa shape index (κ1) is 25.2. The Morgan fingerprint density at radius 3 is 2.58 bits per heavy atom. The summed E-state index contributed by atoms with van der Waals surface area (Å²) >= 11 is 6.65. The number of hydrogen-bond donors (Lipinski definition) is 2. The molecule has 1 heterocycles. The van der Waals surface area contributed by atoms with Crippen molar-refractivity contribution in [2.75, 3.05) is 23.3 Å². The minimum Gasteiger partial charge on any atom is -0.442 e. The summed E-state index contributed by atoms with van der Waals surface area (Å²) in [7, 11) is 0. The lowest BCUT2D eigenvalue weighted by molar-refractivity contribution is 0.142. The van der Waals surface area contributed by atoms with E-state index in [1.165, 1.54) is 23.1 Å². The molecular weight excluding hydrogens is 570 g/mol. The van der Waals surface area contributed by atoms with Crippen molar-refractivity contribution in [3.63, 3.8) is 0 Å². The van der Waals surface area contributed by atoms with Crippen LogP contribution in [-0.4, -0.2) is 36.7 Å². The van der Waals surface area contributed by atoms with E-state index in [4.69, 9.17) is 4.74 Å². The van der Waals surface area contributed by atoms with E-state index in [1.54, 1.807) is 12.1 Å². The van der Waals surface area contributed by atoms with Crippen LogP contribution in [0.4, 0.5) is 35.0 Å². The third-order valence-corrected chi connectivity index (χ3v) is 6.26. The Morgan fingerprint density at radius 1 is 1.21 bits per heavy atom. The van der Waals surface area contributed by atoms with Crippen molar-refractivity contribution in [2.24, 2.45) is 0 Å². The molecule has 1 aliphatic heterocycles. The predicted molar refractivity (Wildman–Crippen MR) is 133 cm³/mol. The number of alkyl halides is 2. The van der Waals surface area contributed by atoms with E-state index in [-0.39, 0.29) is 41.5 Å². The number of carbonyl (C=O) groups is 1. The van der Waals surface area contributed by atoms with E-state index < -0.39 is 29.4 Å². The van der Waals surface area contributed by atoms with Gasteiger partial charge in [-0.2, -0.15) is 0 Å². The van der Waals surface area contributed by atoms with Gasteiger partial charge in [0.1, 0.15) is 16.9 Å². The standard InChI is InChI=1S/C22H21F3IN3O3S/c1-11(2)14-8-18(19(30)6-4-16(14)26)28-17-5-3-12(7-15(17)23)29-10-13(32-22(29)31)9-27-21(33)20(24)25/h3-8,11,13,20H,9-10H2,1-2H3,(H,27,33)(H,28,30). The van der Waals surface area contributed by atoms with E-state index >= 15 is 0 Å². The highest BCUT2D eigenvalue weighted by atomic mass is 127. The third-order valence-electron chi connectivity index (χ3n) is 4.95. The molecule has 0 radical (unpaired) electrons. The Kier molecular flexibility index (Phi) is 8.16. The fourth-order valence-corrected chi connectivity index (χ4v) is 4.26.